The number of benzene rings is 3. The minimum Gasteiger partial charge on any atom is -0.490 e. The van der Waals surface area contributed by atoms with Gasteiger partial charge in [-0.05, 0) is 78.7 Å². The minimum atomic E-state index is -0.977. The van der Waals surface area contributed by atoms with Crippen LogP contribution in [0.4, 0.5) is 17.6 Å². The van der Waals surface area contributed by atoms with E-state index in [2.05, 4.69) is 13.5 Å². The van der Waals surface area contributed by atoms with Gasteiger partial charge >= 0.3 is 0 Å². The van der Waals surface area contributed by atoms with Crippen molar-refractivity contribution in [2.24, 2.45) is 5.92 Å². The molecule has 1 saturated carbocycles. The van der Waals surface area contributed by atoms with Gasteiger partial charge in [-0.1, -0.05) is 68.3 Å². The van der Waals surface area contributed by atoms with Crippen molar-refractivity contribution in [3.63, 3.8) is 0 Å². The molecule has 0 N–H and O–H groups in total. The summed E-state index contributed by atoms with van der Waals surface area (Å²) in [6, 6.07) is 13.5. The van der Waals surface area contributed by atoms with Crippen molar-refractivity contribution >= 4 is 0 Å². The number of unbranched alkanes of at least 4 members (excludes halogenated alkanes) is 1. The maximum absolute atomic E-state index is 15.0. The van der Waals surface area contributed by atoms with Crippen LogP contribution in [0.2, 0.25) is 0 Å². The standard InChI is InChI=1S/C32H34F4O/c1-3-4-5-20-37-28-19-16-25(29(33)32(28)36)15-10-22-8-13-24(14-9-22)27-18-17-26(30(34)31(27)35)23-11-6-21(2)7-12-23/h3,8-9,13-14,16-19,21,23H,1,4-7,10-12,15,20H2,2H3. The van der Waals surface area contributed by atoms with Gasteiger partial charge in [0.15, 0.2) is 23.2 Å². The van der Waals surface area contributed by atoms with E-state index in [9.17, 15) is 13.2 Å². The number of aryl methyl sites for hydroxylation is 2. The minimum absolute atomic E-state index is 0.0743. The molecule has 0 spiro atoms. The van der Waals surface area contributed by atoms with Crippen LogP contribution in [0, 0.1) is 29.2 Å². The first-order valence-electron chi connectivity index (χ1n) is 13.2. The highest BCUT2D eigenvalue weighted by Gasteiger charge is 2.25. The third-order valence-corrected chi connectivity index (χ3v) is 7.45. The second kappa shape index (κ2) is 12.4. The Labute approximate surface area is 217 Å². The van der Waals surface area contributed by atoms with Gasteiger partial charge in [-0.25, -0.2) is 13.2 Å². The fraction of sp³-hybridized carbons (Fsp3) is 0.375. The highest BCUT2D eigenvalue weighted by Crippen LogP contribution is 2.38. The summed E-state index contributed by atoms with van der Waals surface area (Å²) in [5, 5.41) is 0. The van der Waals surface area contributed by atoms with E-state index < -0.39 is 23.3 Å². The van der Waals surface area contributed by atoms with Crippen LogP contribution in [0.25, 0.3) is 11.1 Å². The Morgan fingerprint density at radius 1 is 0.811 bits per heavy atom. The highest BCUT2D eigenvalue weighted by molar-refractivity contribution is 5.65. The van der Waals surface area contributed by atoms with E-state index in [4.69, 9.17) is 4.74 Å². The molecule has 0 radical (unpaired) electrons. The summed E-state index contributed by atoms with van der Waals surface area (Å²) in [6.07, 6.45) is 7.82. The summed E-state index contributed by atoms with van der Waals surface area (Å²) < 4.78 is 64.2. The Morgan fingerprint density at radius 3 is 2.24 bits per heavy atom. The molecule has 1 aliphatic carbocycles. The smallest absolute Gasteiger partial charge is 0.200 e. The van der Waals surface area contributed by atoms with E-state index in [1.54, 1.807) is 36.4 Å². The summed E-state index contributed by atoms with van der Waals surface area (Å²) in [5.41, 5.74) is 2.45. The third kappa shape index (κ3) is 6.44. The lowest BCUT2D eigenvalue weighted by atomic mass is 9.79. The Bertz CT molecular complexity index is 1210. The molecule has 37 heavy (non-hydrogen) atoms. The van der Waals surface area contributed by atoms with Crippen molar-refractivity contribution in [1.29, 1.82) is 0 Å². The molecule has 0 aliphatic heterocycles. The van der Waals surface area contributed by atoms with Crippen LogP contribution in [0.1, 0.15) is 68.1 Å². The van der Waals surface area contributed by atoms with E-state index in [0.29, 0.717) is 42.9 Å². The van der Waals surface area contributed by atoms with Crippen molar-refractivity contribution in [3.05, 3.63) is 101 Å². The van der Waals surface area contributed by atoms with Gasteiger partial charge in [0.25, 0.3) is 0 Å². The molecule has 1 fully saturated rings. The molecule has 1 aliphatic rings. The Balaban J connectivity index is 1.40. The van der Waals surface area contributed by atoms with E-state index in [1.165, 1.54) is 6.07 Å². The van der Waals surface area contributed by atoms with E-state index in [-0.39, 0.29) is 22.8 Å². The van der Waals surface area contributed by atoms with Crippen molar-refractivity contribution in [1.82, 2.24) is 0 Å². The van der Waals surface area contributed by atoms with Gasteiger partial charge in [-0.2, -0.15) is 4.39 Å². The monoisotopic (exact) mass is 510 g/mol. The molecule has 0 atom stereocenters. The summed E-state index contributed by atoms with van der Waals surface area (Å²) in [5.74, 6) is -2.81. The molecule has 0 unspecified atom stereocenters. The fourth-order valence-electron chi connectivity index (χ4n) is 5.09. The molecule has 196 valence electrons. The topological polar surface area (TPSA) is 9.23 Å². The molecule has 0 bridgehead atoms. The second-order valence-corrected chi connectivity index (χ2v) is 10.1. The normalized spacial score (nSPS) is 17.5. The Hall–Kier alpha value is -3.08. The first kappa shape index (κ1) is 27.0. The van der Waals surface area contributed by atoms with Crippen LogP contribution in [-0.2, 0) is 12.8 Å². The molecule has 4 rings (SSSR count). The quantitative estimate of drug-likeness (QED) is 0.150. The summed E-state index contributed by atoms with van der Waals surface area (Å²) in [6.45, 7) is 6.12. The van der Waals surface area contributed by atoms with E-state index in [1.807, 2.05) is 12.1 Å². The number of rotatable bonds is 10. The SMILES string of the molecule is C=CCCCOc1ccc(CCc2ccc(-c3ccc(C4CCC(C)CC4)c(F)c3F)cc2)c(F)c1F. The molecule has 0 aromatic heterocycles. The lowest BCUT2D eigenvalue weighted by molar-refractivity contribution is 0.290. The number of allylic oxidation sites excluding steroid dienone is 1. The zero-order valence-corrected chi connectivity index (χ0v) is 21.3. The first-order chi connectivity index (χ1) is 17.9. The number of ether oxygens (including phenoxy) is 1. The van der Waals surface area contributed by atoms with Crippen molar-refractivity contribution in [3.8, 4) is 16.9 Å². The first-order valence-corrected chi connectivity index (χ1v) is 13.2. The van der Waals surface area contributed by atoms with Gasteiger partial charge in [-0.15, -0.1) is 6.58 Å². The van der Waals surface area contributed by atoms with Crippen LogP contribution < -0.4 is 4.74 Å². The predicted octanol–water partition coefficient (Wildman–Crippen LogP) is 9.33. The lowest BCUT2D eigenvalue weighted by Crippen LogP contribution is -2.13. The maximum atomic E-state index is 15.0. The van der Waals surface area contributed by atoms with Crippen molar-refractivity contribution < 1.29 is 22.3 Å². The maximum Gasteiger partial charge on any atom is 0.200 e. The van der Waals surface area contributed by atoms with Gasteiger partial charge < -0.3 is 4.74 Å². The van der Waals surface area contributed by atoms with E-state index in [0.717, 1.165) is 37.7 Å². The van der Waals surface area contributed by atoms with Gasteiger partial charge in [0.2, 0.25) is 5.82 Å². The second-order valence-electron chi connectivity index (χ2n) is 10.1. The molecule has 5 heteroatoms. The Morgan fingerprint density at radius 2 is 1.54 bits per heavy atom. The van der Waals surface area contributed by atoms with Gasteiger partial charge in [0.05, 0.1) is 6.61 Å². The predicted molar refractivity (Wildman–Crippen MR) is 141 cm³/mol. The zero-order chi connectivity index (χ0) is 26.4. The summed E-state index contributed by atoms with van der Waals surface area (Å²) in [4.78, 5) is 0. The third-order valence-electron chi connectivity index (χ3n) is 7.45. The van der Waals surface area contributed by atoms with Crippen LogP contribution in [0.15, 0.2) is 61.2 Å². The van der Waals surface area contributed by atoms with Crippen molar-refractivity contribution in [2.75, 3.05) is 6.61 Å². The highest BCUT2D eigenvalue weighted by atomic mass is 19.2. The van der Waals surface area contributed by atoms with E-state index >= 15 is 4.39 Å². The molecule has 3 aromatic carbocycles. The zero-order valence-electron chi connectivity index (χ0n) is 21.3. The number of hydrogen-bond donors (Lipinski definition) is 0. The fourth-order valence-corrected chi connectivity index (χ4v) is 5.09. The van der Waals surface area contributed by atoms with Gasteiger partial charge in [0.1, 0.15) is 0 Å². The molecular formula is C32H34F4O. The molecule has 1 nitrogen and oxygen atoms in total. The largest absolute Gasteiger partial charge is 0.490 e. The van der Waals surface area contributed by atoms with Crippen LogP contribution in [-0.4, -0.2) is 6.61 Å². The van der Waals surface area contributed by atoms with Gasteiger partial charge in [0, 0.05) is 5.56 Å². The number of halogens is 4. The molecule has 0 amide bonds. The summed E-state index contributed by atoms with van der Waals surface area (Å²) in [7, 11) is 0. The lowest BCUT2D eigenvalue weighted by Gasteiger charge is -2.27. The average molecular weight is 511 g/mol. The van der Waals surface area contributed by atoms with Crippen LogP contribution in [0.3, 0.4) is 0 Å². The van der Waals surface area contributed by atoms with Crippen LogP contribution >= 0.6 is 0 Å². The van der Waals surface area contributed by atoms with Crippen LogP contribution in [0.5, 0.6) is 5.75 Å². The van der Waals surface area contributed by atoms with Crippen molar-refractivity contribution in [2.45, 2.75) is 64.2 Å². The Kier molecular flexibility index (Phi) is 9.07. The average Bonchev–Trinajstić information content (AvgIpc) is 2.91. The molecule has 3 aromatic rings. The number of hydrogen-bond acceptors (Lipinski definition) is 1. The molecule has 0 heterocycles. The van der Waals surface area contributed by atoms with Gasteiger partial charge in [-0.3, -0.25) is 0 Å². The summed E-state index contributed by atoms with van der Waals surface area (Å²) >= 11 is 0. The molecule has 0 saturated heterocycles. The molecular weight excluding hydrogens is 476 g/mol.